The lowest BCUT2D eigenvalue weighted by Crippen LogP contribution is -2.21. The third kappa shape index (κ3) is 2.04. The van der Waals surface area contributed by atoms with Crippen LogP contribution in [0.2, 0.25) is 0 Å². The highest BCUT2D eigenvalue weighted by molar-refractivity contribution is 7.80. The fourth-order valence-electron chi connectivity index (χ4n) is 2.00. The summed E-state index contributed by atoms with van der Waals surface area (Å²) >= 11 is 5.12. The molecule has 0 aliphatic heterocycles. The van der Waals surface area contributed by atoms with Crippen molar-refractivity contribution >= 4 is 33.9 Å². The van der Waals surface area contributed by atoms with E-state index < -0.39 is 0 Å². The minimum atomic E-state index is 0.162. The van der Waals surface area contributed by atoms with Crippen molar-refractivity contribution in [3.63, 3.8) is 0 Å². The smallest absolute Gasteiger partial charge is 0.137 e. The molecule has 1 aromatic heterocycles. The number of hydrogen-bond acceptors (Lipinski definition) is 3. The molecular formula is C14H15N3S. The highest BCUT2D eigenvalue weighted by Gasteiger charge is 2.38. The Bertz CT molecular complexity index is 632. The van der Waals surface area contributed by atoms with Gasteiger partial charge in [0, 0.05) is 10.9 Å². The summed E-state index contributed by atoms with van der Waals surface area (Å²) < 4.78 is 0. The van der Waals surface area contributed by atoms with Crippen molar-refractivity contribution < 1.29 is 0 Å². The molecule has 1 aliphatic rings. The van der Waals surface area contributed by atoms with Crippen LogP contribution in [0.15, 0.2) is 30.3 Å². The third-order valence-electron chi connectivity index (χ3n) is 3.41. The molecule has 1 aromatic carbocycles. The van der Waals surface area contributed by atoms with Crippen LogP contribution in [0.3, 0.4) is 0 Å². The Morgan fingerprint density at radius 2 is 2.11 bits per heavy atom. The molecule has 92 valence electrons. The molecule has 4 heteroatoms. The first-order chi connectivity index (χ1) is 8.57. The third-order valence-corrected chi connectivity index (χ3v) is 3.63. The summed E-state index contributed by atoms with van der Waals surface area (Å²) in [6, 6.07) is 10.0. The van der Waals surface area contributed by atoms with Gasteiger partial charge in [-0.2, -0.15) is 0 Å². The van der Waals surface area contributed by atoms with Crippen molar-refractivity contribution in [2.24, 2.45) is 5.73 Å². The minimum Gasteiger partial charge on any atom is -0.389 e. The van der Waals surface area contributed by atoms with Crippen LogP contribution >= 0.6 is 12.2 Å². The fraction of sp³-hybridized carbons (Fsp3) is 0.286. The monoisotopic (exact) mass is 257 g/mol. The second-order valence-corrected chi connectivity index (χ2v) is 5.57. The molecule has 0 spiro atoms. The van der Waals surface area contributed by atoms with E-state index in [9.17, 15) is 0 Å². The Balaban J connectivity index is 2.14. The van der Waals surface area contributed by atoms with Gasteiger partial charge in [-0.05, 0) is 31.9 Å². The Morgan fingerprint density at radius 1 is 1.39 bits per heavy atom. The molecule has 3 rings (SSSR count). The van der Waals surface area contributed by atoms with Crippen molar-refractivity contribution in [3.8, 4) is 0 Å². The van der Waals surface area contributed by atoms with E-state index in [-0.39, 0.29) is 5.54 Å². The Morgan fingerprint density at radius 3 is 2.78 bits per heavy atom. The normalized spacial score (nSPS) is 16.5. The fourth-order valence-corrected chi connectivity index (χ4v) is 2.15. The van der Waals surface area contributed by atoms with Gasteiger partial charge in [-0.25, -0.2) is 4.98 Å². The van der Waals surface area contributed by atoms with Gasteiger partial charge in [-0.1, -0.05) is 30.4 Å². The van der Waals surface area contributed by atoms with Crippen LogP contribution in [-0.2, 0) is 0 Å². The lowest BCUT2D eigenvalue weighted by molar-refractivity contribution is 0.822. The maximum Gasteiger partial charge on any atom is 0.137 e. The summed E-state index contributed by atoms with van der Waals surface area (Å²) in [7, 11) is 0. The number of anilines is 1. The van der Waals surface area contributed by atoms with E-state index in [0.717, 1.165) is 35.1 Å². The van der Waals surface area contributed by atoms with Gasteiger partial charge < -0.3 is 11.1 Å². The zero-order valence-corrected chi connectivity index (χ0v) is 11.1. The second-order valence-electron chi connectivity index (χ2n) is 5.13. The van der Waals surface area contributed by atoms with Gasteiger partial charge >= 0.3 is 0 Å². The van der Waals surface area contributed by atoms with Gasteiger partial charge in [0.15, 0.2) is 0 Å². The number of pyridine rings is 1. The average Bonchev–Trinajstić information content (AvgIpc) is 3.05. The van der Waals surface area contributed by atoms with Gasteiger partial charge in [0.2, 0.25) is 0 Å². The summed E-state index contributed by atoms with van der Waals surface area (Å²) in [6.07, 6.45) is 2.33. The molecule has 0 unspecified atom stereocenters. The Kier molecular flexibility index (Phi) is 2.48. The van der Waals surface area contributed by atoms with E-state index in [1.165, 1.54) is 0 Å². The number of rotatable bonds is 3. The minimum absolute atomic E-state index is 0.162. The predicted octanol–water partition coefficient (Wildman–Crippen LogP) is 2.83. The number of hydrogen-bond donors (Lipinski definition) is 2. The standard InChI is InChI=1S/C14H15N3S/c1-14(6-7-14)17-13-10(12(15)18)8-9-4-2-3-5-11(9)16-13/h2-5,8H,6-7H2,1H3,(H2,15,18)(H,16,17). The van der Waals surface area contributed by atoms with Crippen LogP contribution in [0.4, 0.5) is 5.82 Å². The number of nitrogens with one attached hydrogen (secondary N) is 1. The molecular weight excluding hydrogens is 242 g/mol. The molecule has 1 fully saturated rings. The molecule has 0 atom stereocenters. The lowest BCUT2D eigenvalue weighted by Gasteiger charge is -2.16. The number of benzene rings is 1. The van der Waals surface area contributed by atoms with E-state index >= 15 is 0 Å². The van der Waals surface area contributed by atoms with E-state index in [1.807, 2.05) is 30.3 Å². The zero-order valence-electron chi connectivity index (χ0n) is 10.2. The number of para-hydroxylation sites is 1. The predicted molar refractivity (Wildman–Crippen MR) is 78.9 cm³/mol. The SMILES string of the molecule is CC1(Nc2nc3ccccc3cc2C(N)=S)CC1. The van der Waals surface area contributed by atoms with Gasteiger partial charge in [0.05, 0.1) is 11.1 Å². The topological polar surface area (TPSA) is 50.9 Å². The second kappa shape index (κ2) is 3.92. The maximum absolute atomic E-state index is 5.80. The van der Waals surface area contributed by atoms with Crippen LogP contribution in [-0.4, -0.2) is 15.5 Å². The van der Waals surface area contributed by atoms with Crippen LogP contribution in [0.5, 0.6) is 0 Å². The molecule has 0 bridgehead atoms. The van der Waals surface area contributed by atoms with Crippen molar-refractivity contribution in [2.75, 3.05) is 5.32 Å². The molecule has 0 amide bonds. The number of fused-ring (bicyclic) bond motifs is 1. The Hall–Kier alpha value is -1.68. The molecule has 1 heterocycles. The molecule has 1 saturated carbocycles. The zero-order chi connectivity index (χ0) is 12.8. The number of nitrogens with two attached hydrogens (primary N) is 1. The van der Waals surface area contributed by atoms with Crippen LogP contribution in [0.1, 0.15) is 25.3 Å². The highest BCUT2D eigenvalue weighted by atomic mass is 32.1. The molecule has 3 N–H and O–H groups in total. The summed E-state index contributed by atoms with van der Waals surface area (Å²) in [5.41, 5.74) is 7.75. The van der Waals surface area contributed by atoms with E-state index in [1.54, 1.807) is 0 Å². The van der Waals surface area contributed by atoms with Crippen LogP contribution in [0.25, 0.3) is 10.9 Å². The quantitative estimate of drug-likeness (QED) is 0.830. The number of thiocarbonyl (C=S) groups is 1. The summed E-state index contributed by atoms with van der Waals surface area (Å²) in [4.78, 5) is 5.03. The van der Waals surface area contributed by atoms with Gasteiger partial charge in [0.1, 0.15) is 10.8 Å². The lowest BCUT2D eigenvalue weighted by atomic mass is 10.1. The Labute approximate surface area is 111 Å². The van der Waals surface area contributed by atoms with Gasteiger partial charge in [-0.15, -0.1) is 0 Å². The summed E-state index contributed by atoms with van der Waals surface area (Å²) in [5.74, 6) is 0.807. The van der Waals surface area contributed by atoms with E-state index in [0.29, 0.717) is 4.99 Å². The molecule has 3 nitrogen and oxygen atoms in total. The van der Waals surface area contributed by atoms with E-state index in [2.05, 4.69) is 17.2 Å². The maximum atomic E-state index is 5.80. The number of aromatic nitrogens is 1. The average molecular weight is 257 g/mol. The molecule has 0 saturated heterocycles. The van der Waals surface area contributed by atoms with Crippen molar-refractivity contribution in [1.82, 2.24) is 4.98 Å². The summed E-state index contributed by atoms with van der Waals surface area (Å²) in [6.45, 7) is 2.19. The largest absolute Gasteiger partial charge is 0.389 e. The number of nitrogens with zero attached hydrogens (tertiary/aromatic N) is 1. The van der Waals surface area contributed by atoms with Crippen LogP contribution < -0.4 is 11.1 Å². The van der Waals surface area contributed by atoms with Crippen LogP contribution in [0, 0.1) is 0 Å². The van der Waals surface area contributed by atoms with Crippen molar-refractivity contribution in [2.45, 2.75) is 25.3 Å². The van der Waals surface area contributed by atoms with Crippen molar-refractivity contribution in [3.05, 3.63) is 35.9 Å². The first kappa shape index (κ1) is 11.4. The van der Waals surface area contributed by atoms with Crippen molar-refractivity contribution in [1.29, 1.82) is 0 Å². The first-order valence-corrected chi connectivity index (χ1v) is 6.46. The molecule has 18 heavy (non-hydrogen) atoms. The summed E-state index contributed by atoms with van der Waals surface area (Å²) in [5, 5.41) is 4.52. The van der Waals surface area contributed by atoms with Gasteiger partial charge in [-0.3, -0.25) is 0 Å². The molecule has 1 aliphatic carbocycles. The van der Waals surface area contributed by atoms with E-state index in [4.69, 9.17) is 18.0 Å². The first-order valence-electron chi connectivity index (χ1n) is 6.05. The highest BCUT2D eigenvalue weighted by Crippen LogP contribution is 2.38. The molecule has 0 radical (unpaired) electrons. The molecule has 2 aromatic rings. The van der Waals surface area contributed by atoms with Gasteiger partial charge in [0.25, 0.3) is 0 Å².